The number of para-hydroxylation sites is 1. The van der Waals surface area contributed by atoms with Crippen LogP contribution in [0.5, 0.6) is 0 Å². The zero-order valence-corrected chi connectivity index (χ0v) is 13.4. The van der Waals surface area contributed by atoms with Crippen LogP contribution in [-0.4, -0.2) is 5.91 Å². The highest BCUT2D eigenvalue weighted by Gasteiger charge is 2.19. The lowest BCUT2D eigenvalue weighted by molar-refractivity contribution is 0.103. The molecule has 0 aliphatic rings. The van der Waals surface area contributed by atoms with Gasteiger partial charge in [-0.15, -0.1) is 11.3 Å². The van der Waals surface area contributed by atoms with Gasteiger partial charge in [0.2, 0.25) is 0 Å². The zero-order chi connectivity index (χ0) is 15.0. The SMILES string of the molecule is Cc1ccccc1NC(=O)c1sc2cccc(Cl)c2c1Cl. The van der Waals surface area contributed by atoms with Crippen LogP contribution in [0.1, 0.15) is 15.2 Å². The van der Waals surface area contributed by atoms with Gasteiger partial charge >= 0.3 is 0 Å². The molecule has 5 heteroatoms. The van der Waals surface area contributed by atoms with Gasteiger partial charge in [-0.3, -0.25) is 4.79 Å². The van der Waals surface area contributed by atoms with Crippen molar-refractivity contribution in [3.8, 4) is 0 Å². The molecule has 3 rings (SSSR count). The fourth-order valence-electron chi connectivity index (χ4n) is 2.11. The molecule has 2 aromatic carbocycles. The summed E-state index contributed by atoms with van der Waals surface area (Å²) in [6.45, 7) is 1.94. The third-order valence-corrected chi connectivity index (χ3v) is 5.16. The van der Waals surface area contributed by atoms with Gasteiger partial charge in [0, 0.05) is 15.8 Å². The number of rotatable bonds is 2. The second kappa shape index (κ2) is 5.68. The van der Waals surface area contributed by atoms with E-state index < -0.39 is 0 Å². The summed E-state index contributed by atoms with van der Waals surface area (Å²) in [6, 6.07) is 13.1. The number of carbonyl (C=O) groups excluding carboxylic acids is 1. The summed E-state index contributed by atoms with van der Waals surface area (Å²) >= 11 is 13.8. The number of hydrogen-bond acceptors (Lipinski definition) is 2. The van der Waals surface area contributed by atoms with Crippen molar-refractivity contribution in [1.82, 2.24) is 0 Å². The summed E-state index contributed by atoms with van der Waals surface area (Å²) in [4.78, 5) is 12.9. The van der Waals surface area contributed by atoms with Crippen molar-refractivity contribution in [1.29, 1.82) is 0 Å². The average Bonchev–Trinajstić information content (AvgIpc) is 2.80. The van der Waals surface area contributed by atoms with E-state index in [2.05, 4.69) is 5.32 Å². The Morgan fingerprint density at radius 3 is 2.57 bits per heavy atom. The van der Waals surface area contributed by atoms with Gasteiger partial charge in [-0.25, -0.2) is 0 Å². The van der Waals surface area contributed by atoms with Crippen LogP contribution in [-0.2, 0) is 0 Å². The van der Waals surface area contributed by atoms with E-state index in [4.69, 9.17) is 23.2 Å². The summed E-state index contributed by atoms with van der Waals surface area (Å²) in [5.74, 6) is -0.216. The highest BCUT2D eigenvalue weighted by Crippen LogP contribution is 2.39. The molecular weight excluding hydrogens is 325 g/mol. The quantitative estimate of drug-likeness (QED) is 0.632. The topological polar surface area (TPSA) is 29.1 Å². The molecule has 1 heterocycles. The highest BCUT2D eigenvalue weighted by molar-refractivity contribution is 7.21. The number of carbonyl (C=O) groups is 1. The first-order valence-electron chi connectivity index (χ1n) is 6.31. The average molecular weight is 336 g/mol. The molecule has 1 amide bonds. The van der Waals surface area contributed by atoms with Crippen molar-refractivity contribution in [2.75, 3.05) is 5.32 Å². The summed E-state index contributed by atoms with van der Waals surface area (Å²) in [5.41, 5.74) is 1.78. The van der Waals surface area contributed by atoms with E-state index in [0.29, 0.717) is 14.9 Å². The summed E-state index contributed by atoms with van der Waals surface area (Å²) < 4.78 is 0.905. The van der Waals surface area contributed by atoms with E-state index in [1.54, 1.807) is 6.07 Å². The molecule has 0 unspecified atom stereocenters. The first-order chi connectivity index (χ1) is 10.1. The molecule has 0 aliphatic heterocycles. The molecule has 0 radical (unpaired) electrons. The number of halogens is 2. The van der Waals surface area contributed by atoms with E-state index in [9.17, 15) is 4.79 Å². The molecule has 1 N–H and O–H groups in total. The van der Waals surface area contributed by atoms with Crippen LogP contribution in [0.2, 0.25) is 10.0 Å². The standard InChI is InChI=1S/C16H11Cl2NOS/c1-9-5-2-3-7-11(9)19-16(20)15-14(18)13-10(17)6-4-8-12(13)21-15/h2-8H,1H3,(H,19,20). The zero-order valence-electron chi connectivity index (χ0n) is 11.1. The molecule has 0 atom stereocenters. The Morgan fingerprint density at radius 2 is 1.86 bits per heavy atom. The fraction of sp³-hybridized carbons (Fsp3) is 0.0625. The third kappa shape index (κ3) is 2.64. The van der Waals surface area contributed by atoms with E-state index in [-0.39, 0.29) is 5.91 Å². The largest absolute Gasteiger partial charge is 0.321 e. The van der Waals surface area contributed by atoms with Crippen LogP contribution in [0.25, 0.3) is 10.1 Å². The normalized spacial score (nSPS) is 10.8. The first kappa shape index (κ1) is 14.4. The van der Waals surface area contributed by atoms with Crippen molar-refractivity contribution in [2.24, 2.45) is 0 Å². The maximum Gasteiger partial charge on any atom is 0.267 e. The summed E-state index contributed by atoms with van der Waals surface area (Å²) in [7, 11) is 0. The predicted octanol–water partition coefficient (Wildman–Crippen LogP) is 5.77. The first-order valence-corrected chi connectivity index (χ1v) is 7.88. The van der Waals surface area contributed by atoms with Gasteiger partial charge in [-0.2, -0.15) is 0 Å². The van der Waals surface area contributed by atoms with E-state index in [1.165, 1.54) is 11.3 Å². The van der Waals surface area contributed by atoms with Gasteiger partial charge in [0.05, 0.1) is 10.0 Å². The fourth-order valence-corrected chi connectivity index (χ4v) is 3.96. The molecule has 0 spiro atoms. The molecule has 0 bridgehead atoms. The Kier molecular flexibility index (Phi) is 3.89. The van der Waals surface area contributed by atoms with Gasteiger partial charge < -0.3 is 5.32 Å². The predicted molar refractivity (Wildman–Crippen MR) is 91.0 cm³/mol. The van der Waals surface area contributed by atoms with Crippen LogP contribution >= 0.6 is 34.5 Å². The molecule has 3 aromatic rings. The van der Waals surface area contributed by atoms with Crippen molar-refractivity contribution in [3.63, 3.8) is 0 Å². The minimum absolute atomic E-state index is 0.216. The van der Waals surface area contributed by atoms with Crippen LogP contribution in [0.3, 0.4) is 0 Å². The molecule has 106 valence electrons. The minimum atomic E-state index is -0.216. The minimum Gasteiger partial charge on any atom is -0.321 e. The van der Waals surface area contributed by atoms with E-state index >= 15 is 0 Å². The molecule has 0 saturated heterocycles. The Hall–Kier alpha value is -1.55. The molecule has 0 saturated carbocycles. The maximum atomic E-state index is 12.4. The molecular formula is C16H11Cl2NOS. The molecule has 21 heavy (non-hydrogen) atoms. The molecule has 2 nitrogen and oxygen atoms in total. The van der Waals surface area contributed by atoms with Gasteiger partial charge in [-0.1, -0.05) is 47.5 Å². The third-order valence-electron chi connectivity index (χ3n) is 3.21. The van der Waals surface area contributed by atoms with Crippen molar-refractivity contribution in [3.05, 3.63) is 63.0 Å². The monoisotopic (exact) mass is 335 g/mol. The van der Waals surface area contributed by atoms with Gasteiger partial charge in [0.1, 0.15) is 4.88 Å². The van der Waals surface area contributed by atoms with Crippen molar-refractivity contribution >= 4 is 56.2 Å². The Morgan fingerprint density at radius 1 is 1.10 bits per heavy atom. The Bertz CT molecular complexity index is 841. The molecule has 1 aromatic heterocycles. The van der Waals surface area contributed by atoms with Crippen molar-refractivity contribution < 1.29 is 4.79 Å². The smallest absolute Gasteiger partial charge is 0.267 e. The van der Waals surface area contributed by atoms with Gasteiger partial charge in [0.15, 0.2) is 0 Å². The van der Waals surface area contributed by atoms with Gasteiger partial charge in [0.25, 0.3) is 5.91 Å². The number of anilines is 1. The number of aryl methyl sites for hydroxylation is 1. The highest BCUT2D eigenvalue weighted by atomic mass is 35.5. The summed E-state index contributed by atoms with van der Waals surface area (Å²) in [6.07, 6.45) is 0. The lowest BCUT2D eigenvalue weighted by Gasteiger charge is -2.06. The second-order valence-corrected chi connectivity index (χ2v) is 6.46. The van der Waals surface area contributed by atoms with Crippen molar-refractivity contribution in [2.45, 2.75) is 6.92 Å². The summed E-state index contributed by atoms with van der Waals surface area (Å²) in [5, 5.41) is 4.60. The number of amides is 1. The second-order valence-electron chi connectivity index (χ2n) is 4.63. The number of nitrogens with one attached hydrogen (secondary N) is 1. The molecule has 0 aliphatic carbocycles. The Balaban J connectivity index is 2.01. The van der Waals surface area contributed by atoms with Crippen LogP contribution in [0.4, 0.5) is 5.69 Å². The van der Waals surface area contributed by atoms with Crippen LogP contribution in [0, 0.1) is 6.92 Å². The number of benzene rings is 2. The van der Waals surface area contributed by atoms with E-state index in [1.807, 2.05) is 43.3 Å². The molecule has 0 fully saturated rings. The maximum absolute atomic E-state index is 12.4. The van der Waals surface area contributed by atoms with Crippen LogP contribution < -0.4 is 5.32 Å². The number of thiophene rings is 1. The number of fused-ring (bicyclic) bond motifs is 1. The Labute approximate surface area is 136 Å². The lowest BCUT2D eigenvalue weighted by atomic mass is 10.2. The van der Waals surface area contributed by atoms with E-state index in [0.717, 1.165) is 21.3 Å². The lowest BCUT2D eigenvalue weighted by Crippen LogP contribution is -2.11. The van der Waals surface area contributed by atoms with Crippen LogP contribution in [0.15, 0.2) is 42.5 Å². The van der Waals surface area contributed by atoms with Gasteiger partial charge in [-0.05, 0) is 30.7 Å². The number of hydrogen-bond donors (Lipinski definition) is 1.